The predicted octanol–water partition coefficient (Wildman–Crippen LogP) is 2.78. The van der Waals surface area contributed by atoms with Crippen molar-refractivity contribution in [3.63, 3.8) is 0 Å². The van der Waals surface area contributed by atoms with E-state index in [2.05, 4.69) is 45.1 Å². The highest BCUT2D eigenvalue weighted by atomic mass is 79.9. The Morgan fingerprint density at radius 2 is 1.95 bits per heavy atom. The van der Waals surface area contributed by atoms with Gasteiger partial charge in [0.1, 0.15) is 0 Å². The van der Waals surface area contributed by atoms with E-state index >= 15 is 0 Å². The summed E-state index contributed by atoms with van der Waals surface area (Å²) in [5, 5.41) is 3.77. The van der Waals surface area contributed by atoms with Crippen LogP contribution in [0.4, 0.5) is 0 Å². The number of carbonyl (C=O) groups excluding carboxylic acids is 1. The van der Waals surface area contributed by atoms with Crippen LogP contribution in [0.1, 0.15) is 24.2 Å². The number of amides is 1. The minimum absolute atomic E-state index is 0.0340. The van der Waals surface area contributed by atoms with Gasteiger partial charge in [-0.1, -0.05) is 29.8 Å². The minimum atomic E-state index is -0.0819. The van der Waals surface area contributed by atoms with Crippen molar-refractivity contribution in [3.05, 3.63) is 36.2 Å². The van der Waals surface area contributed by atoms with E-state index in [0.29, 0.717) is 12.1 Å². The average Bonchev–Trinajstić information content (AvgIpc) is 2.44. The highest BCUT2D eigenvalue weighted by Crippen LogP contribution is 2.17. The molecule has 0 saturated carbocycles. The Balaban J connectivity index is 2.13. The first kappa shape index (κ1) is 13.9. The van der Waals surface area contributed by atoms with E-state index in [4.69, 9.17) is 0 Å². The van der Waals surface area contributed by atoms with Gasteiger partial charge in [0.2, 0.25) is 0 Å². The van der Waals surface area contributed by atoms with Gasteiger partial charge < -0.3 is 5.32 Å². The van der Waals surface area contributed by atoms with Gasteiger partial charge >= 0.3 is 0 Å². The molecule has 19 heavy (non-hydrogen) atoms. The van der Waals surface area contributed by atoms with Crippen LogP contribution in [-0.4, -0.2) is 27.7 Å². The lowest BCUT2D eigenvalue weighted by Gasteiger charge is -2.21. The molecule has 0 radical (unpaired) electrons. The lowest BCUT2D eigenvalue weighted by Crippen LogP contribution is -2.34. The Labute approximate surface area is 120 Å². The van der Waals surface area contributed by atoms with Gasteiger partial charge in [-0.15, -0.1) is 0 Å². The lowest BCUT2D eigenvalue weighted by molar-refractivity contribution is 0.0940. The molecule has 0 aliphatic heterocycles. The topological polar surface area (TPSA) is 54.9 Å². The van der Waals surface area contributed by atoms with Crippen LogP contribution in [0, 0.1) is 5.41 Å². The molecule has 1 aromatic carbocycles. The highest BCUT2D eigenvalue weighted by Gasteiger charge is 2.17. The Morgan fingerprint density at radius 3 is 2.63 bits per heavy atom. The van der Waals surface area contributed by atoms with E-state index in [1.54, 1.807) is 24.5 Å². The Kier molecular flexibility index (Phi) is 4.14. The van der Waals surface area contributed by atoms with Gasteiger partial charge in [0.05, 0.1) is 11.0 Å². The summed E-state index contributed by atoms with van der Waals surface area (Å²) < 4.78 is 0. The second-order valence-corrected chi connectivity index (χ2v) is 5.80. The molecule has 0 saturated heterocycles. The molecule has 1 N–H and O–H groups in total. The lowest BCUT2D eigenvalue weighted by atomic mass is 9.97. The number of carbonyl (C=O) groups is 1. The molecule has 1 heterocycles. The van der Waals surface area contributed by atoms with Crippen LogP contribution >= 0.6 is 15.9 Å². The summed E-state index contributed by atoms with van der Waals surface area (Å²) in [5.74, 6) is -0.0819. The van der Waals surface area contributed by atoms with Gasteiger partial charge in [-0.05, 0) is 23.6 Å². The number of alkyl halides is 1. The molecule has 1 aromatic heterocycles. The van der Waals surface area contributed by atoms with Gasteiger partial charge in [0.25, 0.3) is 5.91 Å². The van der Waals surface area contributed by atoms with Crippen molar-refractivity contribution in [1.82, 2.24) is 15.3 Å². The van der Waals surface area contributed by atoms with Crippen molar-refractivity contribution in [2.24, 2.45) is 5.41 Å². The van der Waals surface area contributed by atoms with Gasteiger partial charge in [0, 0.05) is 29.8 Å². The molecular weight excluding hydrogens is 306 g/mol. The van der Waals surface area contributed by atoms with Crippen molar-refractivity contribution in [3.8, 4) is 0 Å². The monoisotopic (exact) mass is 321 g/mol. The average molecular weight is 322 g/mol. The summed E-state index contributed by atoms with van der Waals surface area (Å²) in [5.41, 5.74) is 2.17. The van der Waals surface area contributed by atoms with Gasteiger partial charge in [-0.2, -0.15) is 0 Å². The molecule has 100 valence electrons. The molecule has 4 nitrogen and oxygen atoms in total. The first-order valence-corrected chi connectivity index (χ1v) is 7.19. The van der Waals surface area contributed by atoms with Crippen LogP contribution in [0.5, 0.6) is 0 Å². The molecule has 0 spiro atoms. The van der Waals surface area contributed by atoms with Crippen LogP contribution in [-0.2, 0) is 0 Å². The Hall–Kier alpha value is -1.49. The third-order valence-electron chi connectivity index (χ3n) is 2.82. The fraction of sp³-hybridized carbons (Fsp3) is 0.357. The van der Waals surface area contributed by atoms with Crippen LogP contribution in [0.25, 0.3) is 11.0 Å². The number of aromatic nitrogens is 2. The van der Waals surface area contributed by atoms with Crippen LogP contribution in [0.15, 0.2) is 30.6 Å². The van der Waals surface area contributed by atoms with Crippen molar-refractivity contribution in [2.75, 3.05) is 11.9 Å². The normalized spacial score (nSPS) is 11.5. The maximum absolute atomic E-state index is 12.1. The second kappa shape index (κ2) is 5.65. The zero-order valence-corrected chi connectivity index (χ0v) is 12.6. The fourth-order valence-electron chi connectivity index (χ4n) is 1.57. The Bertz CT molecular complexity index is 598. The molecule has 0 fully saturated rings. The first-order chi connectivity index (χ1) is 9.02. The standard InChI is InChI=1S/C14H16BrN3O/c1-14(2,8-15)9-18-13(19)10-3-4-11-12(7-10)17-6-5-16-11/h3-7H,8-9H2,1-2H3,(H,18,19). The number of hydrogen-bond acceptors (Lipinski definition) is 3. The smallest absolute Gasteiger partial charge is 0.251 e. The summed E-state index contributed by atoms with van der Waals surface area (Å²) in [6.07, 6.45) is 3.26. The van der Waals surface area contributed by atoms with E-state index in [9.17, 15) is 4.79 Å². The maximum atomic E-state index is 12.1. The number of nitrogens with one attached hydrogen (secondary N) is 1. The maximum Gasteiger partial charge on any atom is 0.251 e. The molecule has 0 bridgehead atoms. The zero-order valence-electron chi connectivity index (χ0n) is 11.0. The fourth-order valence-corrected chi connectivity index (χ4v) is 1.77. The number of rotatable bonds is 4. The molecule has 5 heteroatoms. The zero-order chi connectivity index (χ0) is 13.9. The summed E-state index contributed by atoms with van der Waals surface area (Å²) in [7, 11) is 0. The quantitative estimate of drug-likeness (QED) is 0.881. The van der Waals surface area contributed by atoms with Crippen LogP contribution in [0.3, 0.4) is 0 Å². The first-order valence-electron chi connectivity index (χ1n) is 6.07. The van der Waals surface area contributed by atoms with Gasteiger partial charge in [0.15, 0.2) is 0 Å². The number of nitrogens with zero attached hydrogens (tertiary/aromatic N) is 2. The van der Waals surface area contributed by atoms with Crippen molar-refractivity contribution >= 4 is 32.9 Å². The number of fused-ring (bicyclic) bond motifs is 1. The number of halogens is 1. The second-order valence-electron chi connectivity index (χ2n) is 5.24. The van der Waals surface area contributed by atoms with Gasteiger partial charge in [-0.3, -0.25) is 14.8 Å². The van der Waals surface area contributed by atoms with E-state index in [1.807, 2.05) is 6.07 Å². The number of hydrogen-bond donors (Lipinski definition) is 1. The molecule has 0 aliphatic carbocycles. The van der Waals surface area contributed by atoms with E-state index < -0.39 is 0 Å². The van der Waals surface area contributed by atoms with Crippen LogP contribution in [0.2, 0.25) is 0 Å². The third kappa shape index (κ3) is 3.50. The summed E-state index contributed by atoms with van der Waals surface area (Å²) in [4.78, 5) is 20.5. The summed E-state index contributed by atoms with van der Waals surface area (Å²) in [6, 6.07) is 5.35. The summed E-state index contributed by atoms with van der Waals surface area (Å²) >= 11 is 3.44. The Morgan fingerprint density at radius 1 is 1.26 bits per heavy atom. The molecular formula is C14H16BrN3O. The minimum Gasteiger partial charge on any atom is -0.351 e. The predicted molar refractivity (Wildman–Crippen MR) is 79.4 cm³/mol. The van der Waals surface area contributed by atoms with Crippen molar-refractivity contribution in [1.29, 1.82) is 0 Å². The molecule has 0 unspecified atom stereocenters. The van der Waals surface area contributed by atoms with E-state index in [0.717, 1.165) is 16.4 Å². The van der Waals surface area contributed by atoms with E-state index in [-0.39, 0.29) is 11.3 Å². The molecule has 2 rings (SSSR count). The summed E-state index contributed by atoms with van der Waals surface area (Å²) in [6.45, 7) is 4.80. The van der Waals surface area contributed by atoms with Gasteiger partial charge in [-0.25, -0.2) is 0 Å². The van der Waals surface area contributed by atoms with Crippen LogP contribution < -0.4 is 5.32 Å². The molecule has 1 amide bonds. The van der Waals surface area contributed by atoms with E-state index in [1.165, 1.54) is 0 Å². The third-order valence-corrected chi connectivity index (χ3v) is 4.34. The largest absolute Gasteiger partial charge is 0.351 e. The van der Waals surface area contributed by atoms with Crippen molar-refractivity contribution < 1.29 is 4.79 Å². The molecule has 0 aliphatic rings. The number of benzene rings is 1. The SMILES string of the molecule is CC(C)(CBr)CNC(=O)c1ccc2nccnc2c1. The molecule has 0 atom stereocenters. The molecule has 2 aromatic rings. The van der Waals surface area contributed by atoms with Crippen molar-refractivity contribution in [2.45, 2.75) is 13.8 Å². The highest BCUT2D eigenvalue weighted by molar-refractivity contribution is 9.09.